The van der Waals surface area contributed by atoms with Crippen LogP contribution in [0.5, 0.6) is 0 Å². The van der Waals surface area contributed by atoms with E-state index in [-0.39, 0.29) is 35.3 Å². The van der Waals surface area contributed by atoms with Gasteiger partial charge in [0.1, 0.15) is 0 Å². The summed E-state index contributed by atoms with van der Waals surface area (Å²) in [6, 6.07) is 0. The number of hydrogen-bond acceptors (Lipinski definition) is 0. The van der Waals surface area contributed by atoms with Gasteiger partial charge in [0.15, 0.2) is 0 Å². The van der Waals surface area contributed by atoms with Crippen molar-refractivity contribution in [3.63, 3.8) is 0 Å². The van der Waals surface area contributed by atoms with E-state index in [1.165, 1.54) is 12.3 Å². The van der Waals surface area contributed by atoms with Gasteiger partial charge < -0.3 is 0 Å². The van der Waals surface area contributed by atoms with Gasteiger partial charge in [0.25, 0.3) is 0 Å². The van der Waals surface area contributed by atoms with Crippen LogP contribution < -0.4 is 0 Å². The summed E-state index contributed by atoms with van der Waals surface area (Å²) in [5.41, 5.74) is 1.65. The van der Waals surface area contributed by atoms with Gasteiger partial charge in [0, 0.05) is 0 Å². The van der Waals surface area contributed by atoms with Crippen LogP contribution >= 0.6 is 27.8 Å². The third-order valence-corrected chi connectivity index (χ3v) is 42.6. The first-order valence-electron chi connectivity index (χ1n) is 7.54. The van der Waals surface area contributed by atoms with Crippen LogP contribution in [0.2, 0.25) is 0 Å². The summed E-state index contributed by atoms with van der Waals surface area (Å²) < 4.78 is -1.49. The fraction of sp³-hybridized carbons (Fsp3) is 1.00. The van der Waals surface area contributed by atoms with Gasteiger partial charge in [0.2, 0.25) is 0 Å². The van der Waals surface area contributed by atoms with Crippen molar-refractivity contribution in [1.82, 2.24) is 0 Å². The molecule has 0 atom stereocenters. The quantitative estimate of drug-likeness (QED) is 0.206. The van der Waals surface area contributed by atoms with Gasteiger partial charge in [-0.05, 0) is 0 Å². The second-order valence-electron chi connectivity index (χ2n) is 6.85. The Morgan fingerprint density at radius 3 is 1.19 bits per heavy atom. The third-order valence-electron chi connectivity index (χ3n) is 4.25. The van der Waals surface area contributed by atoms with E-state index >= 15 is 0 Å². The van der Waals surface area contributed by atoms with E-state index in [1.54, 1.807) is 0 Å². The zero-order valence-corrected chi connectivity index (χ0v) is 23.0. The molecule has 0 saturated carbocycles. The Hall–Kier alpha value is 2.92. The molecule has 0 N–H and O–H groups in total. The van der Waals surface area contributed by atoms with Crippen LogP contribution in [0.1, 0.15) is 62.3 Å². The van der Waals surface area contributed by atoms with Crippen molar-refractivity contribution in [3.05, 3.63) is 0 Å². The van der Waals surface area contributed by atoms with Crippen molar-refractivity contribution in [1.29, 1.82) is 0 Å². The maximum atomic E-state index is 6.16. The molecule has 0 aromatic heterocycles. The Morgan fingerprint density at radius 2 is 1.19 bits per heavy atom. The SMILES string of the molecule is CC(C)[P](C)(=[Au][Cl])C(C)C.CC[P](CC)(=[Au][Cl])C(C)(C)C. The zero-order valence-electron chi connectivity index (χ0n) is 15.3. The van der Waals surface area contributed by atoms with Gasteiger partial charge in [-0.2, -0.15) is 0 Å². The van der Waals surface area contributed by atoms with Crippen molar-refractivity contribution >= 4 is 27.8 Å². The van der Waals surface area contributed by atoms with E-state index < -0.39 is 9.38 Å². The molecular weight excluding hydrogens is 707 g/mol. The molecule has 0 fully saturated rings. The van der Waals surface area contributed by atoms with Gasteiger partial charge in [-0.25, -0.2) is 0 Å². The third kappa shape index (κ3) is 7.77. The second-order valence-corrected chi connectivity index (χ2v) is 34.3. The molecule has 0 nitrogen and oxygen atoms in total. The Kier molecular flexibility index (Phi) is 14.3. The maximum absolute atomic E-state index is 6.16. The van der Waals surface area contributed by atoms with E-state index in [1.807, 2.05) is 0 Å². The number of halogens is 2. The van der Waals surface area contributed by atoms with Gasteiger partial charge in [0.05, 0.1) is 0 Å². The molecule has 0 aliphatic rings. The van der Waals surface area contributed by atoms with Crippen LogP contribution in [0.25, 0.3) is 0 Å². The molecule has 0 rings (SSSR count). The van der Waals surface area contributed by atoms with Crippen molar-refractivity contribution in [2.75, 3.05) is 19.0 Å². The van der Waals surface area contributed by atoms with Crippen molar-refractivity contribution in [3.8, 4) is 0 Å². The summed E-state index contributed by atoms with van der Waals surface area (Å²) in [5, 5.41) is 0.486. The van der Waals surface area contributed by atoms with Crippen LogP contribution in [0.4, 0.5) is 0 Å². The molecule has 0 aromatic rings. The number of hydrogen-bond donors (Lipinski definition) is 0. The van der Waals surface area contributed by atoms with Crippen molar-refractivity contribution in [2.45, 2.75) is 78.8 Å². The summed E-state index contributed by atoms with van der Waals surface area (Å²) >= 11 is 0.125. The predicted molar refractivity (Wildman–Crippen MR) is 103 cm³/mol. The molecular formula is C15H36Au2Cl2P2. The topological polar surface area (TPSA) is 0 Å². The Morgan fingerprint density at radius 1 is 0.857 bits per heavy atom. The summed E-state index contributed by atoms with van der Waals surface area (Å²) in [6.45, 7) is 23.3. The summed E-state index contributed by atoms with van der Waals surface area (Å²) in [5.74, 6) is 0. The fourth-order valence-electron chi connectivity index (χ4n) is 2.03. The summed E-state index contributed by atoms with van der Waals surface area (Å²) in [6.07, 6.45) is 2.66. The van der Waals surface area contributed by atoms with E-state index in [4.69, 9.17) is 18.4 Å². The van der Waals surface area contributed by atoms with Crippen LogP contribution in [0, 0.1) is 0 Å². The molecule has 0 heterocycles. The first kappa shape index (κ1) is 26.2. The molecule has 0 spiro atoms. The molecule has 0 saturated heterocycles. The van der Waals surface area contributed by atoms with Crippen LogP contribution in [0.15, 0.2) is 0 Å². The fourth-order valence-corrected chi connectivity index (χ4v) is 24.9. The average Bonchev–Trinajstić information content (AvgIpc) is 2.39. The Labute approximate surface area is 159 Å². The van der Waals surface area contributed by atoms with Gasteiger partial charge >= 0.3 is 161 Å². The summed E-state index contributed by atoms with van der Waals surface area (Å²) in [7, 11) is 12.2. The molecule has 142 valence electrons. The monoisotopic (exact) mass is 742 g/mol. The van der Waals surface area contributed by atoms with Crippen LogP contribution in [-0.2, 0) is 35.3 Å². The van der Waals surface area contributed by atoms with Crippen LogP contribution in [0.3, 0.4) is 0 Å². The van der Waals surface area contributed by atoms with Crippen molar-refractivity contribution in [2.24, 2.45) is 0 Å². The molecule has 0 aliphatic carbocycles. The zero-order chi connectivity index (χ0) is 17.5. The van der Waals surface area contributed by atoms with Crippen molar-refractivity contribution < 1.29 is 35.3 Å². The van der Waals surface area contributed by atoms with Crippen LogP contribution in [-0.4, -0.2) is 35.5 Å². The normalized spacial score (nSPS) is 13.8. The van der Waals surface area contributed by atoms with Gasteiger partial charge in [-0.1, -0.05) is 0 Å². The minimum absolute atomic E-state index is 0.0579. The Bertz CT molecular complexity index is 377. The first-order valence-corrected chi connectivity index (χ1v) is 22.9. The second kappa shape index (κ2) is 11.5. The summed E-state index contributed by atoms with van der Waals surface area (Å²) in [4.78, 5) is 0. The molecule has 0 radical (unpaired) electrons. The van der Waals surface area contributed by atoms with E-state index in [9.17, 15) is 0 Å². The predicted octanol–water partition coefficient (Wildman–Crippen LogP) is 7.60. The molecule has 6 heteroatoms. The molecule has 0 unspecified atom stereocenters. The molecule has 0 amide bonds. The van der Waals surface area contributed by atoms with Gasteiger partial charge in [-0.15, -0.1) is 0 Å². The molecule has 21 heavy (non-hydrogen) atoms. The molecule has 0 aromatic carbocycles. The number of rotatable bonds is 4. The standard InChI is InChI=1S/C8H19P.C7H17P.2Au.2ClH/c1-6-9(7-2)8(3,4)5;1-6(2)8(5)7(3)4;;;;/h6-7H2,1-5H3;6-7H,1-5H3;;;2*1H/q;;2*+1;;/p-2. The van der Waals surface area contributed by atoms with Gasteiger partial charge in [-0.3, -0.25) is 0 Å². The van der Waals surface area contributed by atoms with E-state index in [0.29, 0.717) is 5.16 Å². The molecule has 0 bridgehead atoms. The first-order chi connectivity index (χ1) is 9.38. The average molecular weight is 743 g/mol. The molecule has 0 aliphatic heterocycles. The Balaban J connectivity index is 0. The minimum atomic E-state index is -0.760. The van der Waals surface area contributed by atoms with E-state index in [2.05, 4.69) is 69.0 Å². The van der Waals surface area contributed by atoms with E-state index in [0.717, 1.165) is 11.3 Å².